The zero-order valence-corrected chi connectivity index (χ0v) is 10.9. The number of rotatable bonds is 6. The van der Waals surface area contributed by atoms with Crippen LogP contribution in [0.25, 0.3) is 0 Å². The molecule has 2 aromatic rings. The lowest BCUT2D eigenvalue weighted by Crippen LogP contribution is -2.04. The normalized spacial score (nSPS) is 10.6. The van der Waals surface area contributed by atoms with Gasteiger partial charge in [-0.25, -0.2) is 0 Å². The molecule has 1 heterocycles. The van der Waals surface area contributed by atoms with Crippen molar-refractivity contribution in [2.75, 3.05) is 7.05 Å². The van der Waals surface area contributed by atoms with Gasteiger partial charge >= 0.3 is 0 Å². The van der Waals surface area contributed by atoms with E-state index in [2.05, 4.69) is 29.5 Å². The minimum atomic E-state index is 0.561. The van der Waals surface area contributed by atoms with Crippen molar-refractivity contribution >= 4 is 0 Å². The summed E-state index contributed by atoms with van der Waals surface area (Å²) in [6, 6.07) is 8.14. The molecule has 1 N–H and O–H groups in total. The Labute approximate surface area is 108 Å². The molecule has 0 atom stereocenters. The number of nitrogens with one attached hydrogen (secondary N) is 1. The van der Waals surface area contributed by atoms with Crippen LogP contribution >= 0.6 is 0 Å². The van der Waals surface area contributed by atoms with E-state index >= 15 is 0 Å². The lowest BCUT2D eigenvalue weighted by Gasteiger charge is -2.05. The molecule has 0 unspecified atom stereocenters. The topological polar surface area (TPSA) is 39.1 Å². The number of nitrogens with zero attached hydrogens (tertiary/aromatic N) is 2. The number of hydrogen-bond acceptors (Lipinski definition) is 3. The van der Waals surface area contributed by atoms with E-state index in [1.165, 1.54) is 5.56 Å². The number of hydrogen-bond donors (Lipinski definition) is 1. The van der Waals surface area contributed by atoms with Gasteiger partial charge in [0.15, 0.2) is 0 Å². The number of aryl methyl sites for hydroxylation is 1. The predicted octanol–water partition coefficient (Wildman–Crippen LogP) is 2.20. The summed E-state index contributed by atoms with van der Waals surface area (Å²) in [6.07, 6.45) is 3.86. The third-order valence-corrected chi connectivity index (χ3v) is 2.72. The molecule has 96 valence electrons. The smallest absolute Gasteiger partial charge is 0.119 e. The van der Waals surface area contributed by atoms with Crippen LogP contribution in [0.1, 0.15) is 18.1 Å². The van der Waals surface area contributed by atoms with Crippen molar-refractivity contribution in [3.8, 4) is 5.75 Å². The Hall–Kier alpha value is -1.81. The van der Waals surface area contributed by atoms with Crippen molar-refractivity contribution < 1.29 is 4.74 Å². The maximum atomic E-state index is 5.71. The first-order chi connectivity index (χ1) is 8.81. The Morgan fingerprint density at radius 3 is 2.61 bits per heavy atom. The van der Waals surface area contributed by atoms with Gasteiger partial charge in [0, 0.05) is 24.8 Å². The van der Waals surface area contributed by atoms with Crippen molar-refractivity contribution in [1.29, 1.82) is 0 Å². The Morgan fingerprint density at radius 2 is 2.00 bits per heavy atom. The summed E-state index contributed by atoms with van der Waals surface area (Å²) in [7, 11) is 1.94. The molecule has 0 saturated heterocycles. The lowest BCUT2D eigenvalue weighted by atomic mass is 10.2. The van der Waals surface area contributed by atoms with E-state index in [9.17, 15) is 0 Å². The zero-order chi connectivity index (χ0) is 12.8. The van der Waals surface area contributed by atoms with Crippen LogP contribution in [0.15, 0.2) is 36.7 Å². The first kappa shape index (κ1) is 12.6. The predicted molar refractivity (Wildman–Crippen MR) is 71.4 cm³/mol. The molecule has 0 aliphatic carbocycles. The summed E-state index contributed by atoms with van der Waals surface area (Å²) < 4.78 is 7.61. The van der Waals surface area contributed by atoms with E-state index in [4.69, 9.17) is 4.74 Å². The lowest BCUT2D eigenvalue weighted by molar-refractivity contribution is 0.306. The van der Waals surface area contributed by atoms with Crippen molar-refractivity contribution in [3.05, 3.63) is 47.8 Å². The van der Waals surface area contributed by atoms with E-state index in [-0.39, 0.29) is 0 Å². The second kappa shape index (κ2) is 6.21. The highest BCUT2D eigenvalue weighted by Crippen LogP contribution is 2.14. The van der Waals surface area contributed by atoms with E-state index in [0.29, 0.717) is 6.61 Å². The average Bonchev–Trinajstić information content (AvgIpc) is 2.86. The molecule has 0 saturated carbocycles. The van der Waals surface area contributed by atoms with Gasteiger partial charge in [-0.05, 0) is 31.7 Å². The minimum Gasteiger partial charge on any atom is -0.489 e. The second-order valence-corrected chi connectivity index (χ2v) is 4.17. The van der Waals surface area contributed by atoms with Crippen molar-refractivity contribution in [2.45, 2.75) is 26.6 Å². The Balaban J connectivity index is 1.89. The fourth-order valence-corrected chi connectivity index (χ4v) is 1.73. The number of aromatic nitrogens is 2. The summed E-state index contributed by atoms with van der Waals surface area (Å²) in [5, 5.41) is 7.33. The third kappa shape index (κ3) is 3.34. The van der Waals surface area contributed by atoms with Gasteiger partial charge in [-0.1, -0.05) is 12.1 Å². The molecule has 0 bridgehead atoms. The molecule has 1 aromatic carbocycles. The van der Waals surface area contributed by atoms with Gasteiger partial charge in [0.05, 0.1) is 6.20 Å². The summed E-state index contributed by atoms with van der Waals surface area (Å²) >= 11 is 0. The molecule has 0 spiro atoms. The standard InChI is InChI=1S/C14H19N3O/c1-3-17-10-13(9-16-17)11-18-14-6-4-12(5-7-14)8-15-2/h4-7,9-10,15H,3,8,11H2,1-2H3. The van der Waals surface area contributed by atoms with Crippen LogP contribution < -0.4 is 10.1 Å². The Bertz CT molecular complexity index is 476. The Kier molecular flexibility index (Phi) is 4.36. The molecule has 0 aliphatic heterocycles. The minimum absolute atomic E-state index is 0.561. The maximum absolute atomic E-state index is 5.71. The van der Waals surface area contributed by atoms with E-state index < -0.39 is 0 Å². The molecule has 0 amide bonds. The van der Waals surface area contributed by atoms with Crippen LogP contribution in [0.2, 0.25) is 0 Å². The van der Waals surface area contributed by atoms with E-state index in [0.717, 1.165) is 24.4 Å². The monoisotopic (exact) mass is 245 g/mol. The van der Waals surface area contributed by atoms with Crippen molar-refractivity contribution in [1.82, 2.24) is 15.1 Å². The van der Waals surface area contributed by atoms with Gasteiger partial charge in [-0.15, -0.1) is 0 Å². The van der Waals surface area contributed by atoms with Gasteiger partial charge in [0.1, 0.15) is 12.4 Å². The van der Waals surface area contributed by atoms with E-state index in [1.807, 2.05) is 36.3 Å². The van der Waals surface area contributed by atoms with Gasteiger partial charge in [-0.3, -0.25) is 4.68 Å². The van der Waals surface area contributed by atoms with Crippen LogP contribution in [0.3, 0.4) is 0 Å². The maximum Gasteiger partial charge on any atom is 0.119 e. The Morgan fingerprint density at radius 1 is 1.22 bits per heavy atom. The molecular weight excluding hydrogens is 226 g/mol. The molecule has 2 rings (SSSR count). The summed E-state index contributed by atoms with van der Waals surface area (Å²) in [5.41, 5.74) is 2.35. The van der Waals surface area contributed by atoms with Crippen molar-refractivity contribution in [2.24, 2.45) is 0 Å². The van der Waals surface area contributed by atoms with Gasteiger partial charge in [0.25, 0.3) is 0 Å². The van der Waals surface area contributed by atoms with Gasteiger partial charge in [0.2, 0.25) is 0 Å². The summed E-state index contributed by atoms with van der Waals surface area (Å²) in [4.78, 5) is 0. The molecule has 4 nitrogen and oxygen atoms in total. The average molecular weight is 245 g/mol. The second-order valence-electron chi connectivity index (χ2n) is 4.17. The first-order valence-corrected chi connectivity index (χ1v) is 6.19. The van der Waals surface area contributed by atoms with Crippen LogP contribution in [-0.4, -0.2) is 16.8 Å². The quantitative estimate of drug-likeness (QED) is 0.848. The molecule has 0 aliphatic rings. The summed E-state index contributed by atoms with van der Waals surface area (Å²) in [5.74, 6) is 0.888. The molecule has 18 heavy (non-hydrogen) atoms. The van der Waals surface area contributed by atoms with Gasteiger partial charge in [-0.2, -0.15) is 5.10 Å². The third-order valence-electron chi connectivity index (χ3n) is 2.72. The van der Waals surface area contributed by atoms with Crippen LogP contribution in [0, 0.1) is 0 Å². The highest BCUT2D eigenvalue weighted by molar-refractivity contribution is 5.27. The highest BCUT2D eigenvalue weighted by atomic mass is 16.5. The van der Waals surface area contributed by atoms with Crippen molar-refractivity contribution in [3.63, 3.8) is 0 Å². The highest BCUT2D eigenvalue weighted by Gasteiger charge is 1.99. The first-order valence-electron chi connectivity index (χ1n) is 6.19. The largest absolute Gasteiger partial charge is 0.489 e. The molecule has 4 heteroatoms. The zero-order valence-electron chi connectivity index (χ0n) is 10.9. The van der Waals surface area contributed by atoms with Crippen LogP contribution in [0.5, 0.6) is 5.75 Å². The molecule has 1 aromatic heterocycles. The number of ether oxygens (including phenoxy) is 1. The number of benzene rings is 1. The molecule has 0 fully saturated rings. The SMILES string of the molecule is CCn1cc(COc2ccc(CNC)cc2)cn1. The fourth-order valence-electron chi connectivity index (χ4n) is 1.73. The fraction of sp³-hybridized carbons (Fsp3) is 0.357. The van der Waals surface area contributed by atoms with Crippen LogP contribution in [0.4, 0.5) is 0 Å². The van der Waals surface area contributed by atoms with Crippen LogP contribution in [-0.2, 0) is 19.7 Å². The van der Waals surface area contributed by atoms with Gasteiger partial charge < -0.3 is 10.1 Å². The summed E-state index contributed by atoms with van der Waals surface area (Å²) in [6.45, 7) is 4.39. The molecular formula is C14H19N3O. The van der Waals surface area contributed by atoms with E-state index in [1.54, 1.807) is 0 Å². The molecule has 0 radical (unpaired) electrons.